The fraction of sp³-hybridized carbons (Fsp3) is 0.167. The summed E-state index contributed by atoms with van der Waals surface area (Å²) in [6.45, 7) is -3.46. The normalized spacial score (nSPS) is 11.8. The molecule has 0 N–H and O–H groups in total. The lowest BCUT2D eigenvalue weighted by Gasteiger charge is -2.15. The third kappa shape index (κ3) is 1.91. The summed E-state index contributed by atoms with van der Waals surface area (Å²) in [5, 5.41) is -0.470. The molecule has 1 aromatic rings. The minimum absolute atomic E-state index is 0.470. The number of rotatable bonds is 1. The Morgan fingerprint density at radius 3 is 2.33 bits per heavy atom. The van der Waals surface area contributed by atoms with Crippen molar-refractivity contribution in [3.63, 3.8) is 0 Å². The molecule has 0 amide bonds. The Morgan fingerprint density at radius 1 is 1.33 bits per heavy atom. The Balaban J connectivity index is 3.19. The van der Waals surface area contributed by atoms with Crippen LogP contribution in [0.25, 0.3) is 0 Å². The minimum atomic E-state index is -5.04. The number of aryl methyl sites for hydroxylation is 1. The summed E-state index contributed by atoms with van der Waals surface area (Å²) in [5.74, 6) is 0. The summed E-state index contributed by atoms with van der Waals surface area (Å²) in [4.78, 5) is 3.50. The van der Waals surface area contributed by atoms with Crippen molar-refractivity contribution < 1.29 is 12.9 Å². The van der Waals surface area contributed by atoms with Gasteiger partial charge in [-0.15, -0.1) is 0 Å². The second kappa shape index (κ2) is 2.97. The van der Waals surface area contributed by atoms with Crippen LogP contribution in [0.5, 0.6) is 0 Å². The molecular weight excluding hydrogens is 189 g/mol. The Morgan fingerprint density at radius 2 is 1.92 bits per heavy atom. The zero-order chi connectivity index (χ0) is 9.35. The third-order valence-electron chi connectivity index (χ3n) is 1.37. The topological polar surface area (TPSA) is 12.9 Å². The molecule has 1 heterocycles. The highest BCUT2D eigenvalue weighted by Gasteiger charge is 2.28. The molecule has 0 radical (unpaired) electrons. The molecule has 1 aromatic heterocycles. The summed E-state index contributed by atoms with van der Waals surface area (Å²) in [7, 11) is 0. The average Bonchev–Trinajstić information content (AvgIpc) is 1.83. The SMILES string of the molecule is Cc1ccc([B-](F)(F)F)c(Cl)n1. The predicted octanol–water partition coefficient (Wildman–Crippen LogP) is 2.10. The van der Waals surface area contributed by atoms with Crippen molar-refractivity contribution in [2.45, 2.75) is 6.92 Å². The molecule has 0 saturated heterocycles. The van der Waals surface area contributed by atoms with Crippen molar-refractivity contribution in [2.24, 2.45) is 0 Å². The van der Waals surface area contributed by atoms with E-state index in [0.717, 1.165) is 6.07 Å². The van der Waals surface area contributed by atoms with Crippen LogP contribution >= 0.6 is 11.6 Å². The van der Waals surface area contributed by atoms with Crippen LogP contribution in [0, 0.1) is 6.92 Å². The van der Waals surface area contributed by atoms with E-state index in [1.807, 2.05) is 0 Å². The molecule has 66 valence electrons. The van der Waals surface area contributed by atoms with Crippen LogP contribution in [-0.4, -0.2) is 12.0 Å². The molecule has 6 heteroatoms. The summed E-state index contributed by atoms with van der Waals surface area (Å²) in [6, 6.07) is 2.24. The lowest BCUT2D eigenvalue weighted by molar-refractivity contribution is 0.501. The summed E-state index contributed by atoms with van der Waals surface area (Å²) in [5.41, 5.74) is -0.355. The smallest absolute Gasteiger partial charge is 0.445 e. The quantitative estimate of drug-likeness (QED) is 0.493. The third-order valence-corrected chi connectivity index (χ3v) is 1.67. The van der Waals surface area contributed by atoms with Gasteiger partial charge in [-0.25, -0.2) is 4.98 Å². The largest absolute Gasteiger partial charge is 0.512 e. The number of pyridine rings is 1. The maximum Gasteiger partial charge on any atom is 0.512 e. The van der Waals surface area contributed by atoms with E-state index in [1.165, 1.54) is 6.07 Å². The molecule has 0 aromatic carbocycles. The monoisotopic (exact) mass is 194 g/mol. The number of halogens is 4. The van der Waals surface area contributed by atoms with E-state index < -0.39 is 17.6 Å². The molecular formula is C6H5BClF3N-. The zero-order valence-corrected chi connectivity index (χ0v) is 6.95. The van der Waals surface area contributed by atoms with Crippen molar-refractivity contribution in [1.29, 1.82) is 0 Å². The van der Waals surface area contributed by atoms with Gasteiger partial charge in [0.2, 0.25) is 0 Å². The zero-order valence-electron chi connectivity index (χ0n) is 6.19. The van der Waals surface area contributed by atoms with Gasteiger partial charge in [-0.3, -0.25) is 0 Å². The second-order valence-electron chi connectivity index (χ2n) is 2.41. The van der Waals surface area contributed by atoms with E-state index in [0.29, 0.717) is 5.69 Å². The lowest BCUT2D eigenvalue weighted by Crippen LogP contribution is -2.35. The summed E-state index contributed by atoms with van der Waals surface area (Å²) in [6.07, 6.45) is 0. The Bertz CT molecular complexity index is 299. The van der Waals surface area contributed by atoms with Gasteiger partial charge in [0.15, 0.2) is 0 Å². The Labute approximate surface area is 72.6 Å². The van der Waals surface area contributed by atoms with Crippen LogP contribution in [0.2, 0.25) is 5.15 Å². The van der Waals surface area contributed by atoms with E-state index in [2.05, 4.69) is 4.98 Å². The minimum Gasteiger partial charge on any atom is -0.445 e. The van der Waals surface area contributed by atoms with Gasteiger partial charge in [0, 0.05) is 5.69 Å². The first-order valence-corrected chi connectivity index (χ1v) is 3.62. The van der Waals surface area contributed by atoms with Gasteiger partial charge in [0.1, 0.15) is 5.15 Å². The lowest BCUT2D eigenvalue weighted by atomic mass is 9.81. The highest BCUT2D eigenvalue weighted by molar-refractivity contribution is 6.75. The van der Waals surface area contributed by atoms with Crippen molar-refractivity contribution in [2.75, 3.05) is 0 Å². The van der Waals surface area contributed by atoms with Crippen LogP contribution in [-0.2, 0) is 0 Å². The van der Waals surface area contributed by atoms with Crippen molar-refractivity contribution in [3.05, 3.63) is 23.0 Å². The first-order chi connectivity index (χ1) is 5.41. The Kier molecular flexibility index (Phi) is 2.33. The molecule has 0 unspecified atom stereocenters. The van der Waals surface area contributed by atoms with Crippen LogP contribution in [0.1, 0.15) is 5.69 Å². The van der Waals surface area contributed by atoms with Crippen LogP contribution < -0.4 is 5.46 Å². The second-order valence-corrected chi connectivity index (χ2v) is 2.77. The molecule has 12 heavy (non-hydrogen) atoms. The maximum absolute atomic E-state index is 12.1. The molecule has 1 rings (SSSR count). The van der Waals surface area contributed by atoms with Crippen LogP contribution in [0.15, 0.2) is 12.1 Å². The van der Waals surface area contributed by atoms with E-state index in [-0.39, 0.29) is 0 Å². The highest BCUT2D eigenvalue weighted by atomic mass is 35.5. The standard InChI is InChI=1S/C6H5BClF3N/c1-4-2-3-5(6(8)12-4)7(9,10)11/h2-3H,1H3/q-1. The number of hydrogen-bond acceptors (Lipinski definition) is 1. The predicted molar refractivity (Wildman–Crippen MR) is 42.7 cm³/mol. The van der Waals surface area contributed by atoms with Crippen LogP contribution in [0.4, 0.5) is 12.9 Å². The van der Waals surface area contributed by atoms with Gasteiger partial charge >= 0.3 is 6.98 Å². The fourth-order valence-corrected chi connectivity index (χ4v) is 1.10. The molecule has 0 aliphatic rings. The summed E-state index contributed by atoms with van der Waals surface area (Å²) < 4.78 is 36.4. The number of nitrogens with zero attached hydrogens (tertiary/aromatic N) is 1. The van der Waals surface area contributed by atoms with Gasteiger partial charge in [0.25, 0.3) is 0 Å². The van der Waals surface area contributed by atoms with E-state index in [4.69, 9.17) is 11.6 Å². The van der Waals surface area contributed by atoms with Crippen LogP contribution in [0.3, 0.4) is 0 Å². The molecule has 0 saturated carbocycles. The van der Waals surface area contributed by atoms with E-state index in [9.17, 15) is 12.9 Å². The maximum atomic E-state index is 12.1. The molecule has 0 bridgehead atoms. The van der Waals surface area contributed by atoms with Gasteiger partial charge < -0.3 is 12.9 Å². The number of aromatic nitrogens is 1. The number of hydrogen-bond donors (Lipinski definition) is 0. The van der Waals surface area contributed by atoms with E-state index in [1.54, 1.807) is 6.92 Å². The van der Waals surface area contributed by atoms with E-state index >= 15 is 0 Å². The fourth-order valence-electron chi connectivity index (χ4n) is 0.780. The average molecular weight is 194 g/mol. The molecule has 0 spiro atoms. The summed E-state index contributed by atoms with van der Waals surface area (Å²) >= 11 is 5.30. The van der Waals surface area contributed by atoms with Crippen molar-refractivity contribution in [3.8, 4) is 0 Å². The molecule has 1 nitrogen and oxygen atoms in total. The molecule has 0 aliphatic carbocycles. The van der Waals surface area contributed by atoms with Gasteiger partial charge in [0.05, 0.1) is 0 Å². The van der Waals surface area contributed by atoms with Gasteiger partial charge in [-0.05, 0) is 13.0 Å². The first kappa shape index (κ1) is 9.38. The van der Waals surface area contributed by atoms with Gasteiger partial charge in [-0.2, -0.15) is 0 Å². The highest BCUT2D eigenvalue weighted by Crippen LogP contribution is 2.14. The molecule has 0 aliphatic heterocycles. The van der Waals surface area contributed by atoms with Crippen molar-refractivity contribution >= 4 is 24.0 Å². The Hall–Kier alpha value is -0.705. The molecule has 0 atom stereocenters. The molecule has 0 fully saturated rings. The van der Waals surface area contributed by atoms with Crippen molar-refractivity contribution in [1.82, 2.24) is 4.98 Å². The first-order valence-electron chi connectivity index (χ1n) is 3.24. The van der Waals surface area contributed by atoms with Gasteiger partial charge in [-0.1, -0.05) is 23.1 Å².